The maximum absolute atomic E-state index is 17.3. The van der Waals surface area contributed by atoms with Crippen molar-refractivity contribution < 1.29 is 18.3 Å². The summed E-state index contributed by atoms with van der Waals surface area (Å²) in [6.07, 6.45) is 11.0. The predicted octanol–water partition coefficient (Wildman–Crippen LogP) is 6.72. The van der Waals surface area contributed by atoms with E-state index in [1.54, 1.807) is 0 Å². The summed E-state index contributed by atoms with van der Waals surface area (Å²) < 4.78 is 48.6. The van der Waals surface area contributed by atoms with Gasteiger partial charge in [0.2, 0.25) is 0 Å². The molecule has 244 valence electrons. The van der Waals surface area contributed by atoms with Gasteiger partial charge >= 0.3 is 268 Å². The minimum absolute atomic E-state index is 0.156. The molecular weight excluding hydrogens is 667 g/mol. The van der Waals surface area contributed by atoms with Crippen molar-refractivity contribution in [3.05, 3.63) is 11.5 Å². The molecule has 10 heteroatoms. The zero-order valence-electron chi connectivity index (χ0n) is 27.3. The van der Waals surface area contributed by atoms with Crippen LogP contribution in [-0.4, -0.2) is 95.4 Å². The number of pyridine rings is 1. The number of hydrogen-bond acceptors (Lipinski definition) is 7. The predicted molar refractivity (Wildman–Crippen MR) is 175 cm³/mol. The second kappa shape index (κ2) is 14.2. The molecule has 3 atom stereocenters. The van der Waals surface area contributed by atoms with E-state index in [4.69, 9.17) is 24.4 Å². The number of aryl methyl sites for hydroxylation is 1. The van der Waals surface area contributed by atoms with Gasteiger partial charge in [0.1, 0.15) is 0 Å². The Kier molecular flexibility index (Phi) is 10.5. The SMILES string of the molecule is CCC[CH2][Sn]([CH2]CCC)([CH2]CCC)[c]1nc2c3c(nc(OC[C@@]45CCCN4C[C@H](F)C5)nc3c1F)N1CCCOC[C@@H]1CC2. The third-order valence-corrected chi connectivity index (χ3v) is 26.0. The Morgan fingerprint density at radius 1 is 1.00 bits per heavy atom. The van der Waals surface area contributed by atoms with E-state index < -0.39 is 24.5 Å². The molecule has 0 aliphatic carbocycles. The fraction of sp³-hybridized carbons (Fsp3) is 0.794. The second-order valence-corrected chi connectivity index (χ2v) is 27.0. The monoisotopic (exact) mass is 721 g/mol. The van der Waals surface area contributed by atoms with E-state index in [0.717, 1.165) is 124 Å². The number of rotatable bonds is 13. The van der Waals surface area contributed by atoms with Gasteiger partial charge in [-0.1, -0.05) is 0 Å². The van der Waals surface area contributed by atoms with Crippen LogP contribution < -0.4 is 13.3 Å². The van der Waals surface area contributed by atoms with E-state index in [9.17, 15) is 4.39 Å². The molecule has 0 radical (unpaired) electrons. The molecule has 0 N–H and O–H groups in total. The summed E-state index contributed by atoms with van der Waals surface area (Å²) in [5, 5.41) is 0.773. The van der Waals surface area contributed by atoms with Crippen molar-refractivity contribution in [3.8, 4) is 6.01 Å². The molecule has 0 aromatic carbocycles. The van der Waals surface area contributed by atoms with E-state index in [1.165, 1.54) is 0 Å². The average molecular weight is 721 g/mol. The maximum atomic E-state index is 17.3. The first kappa shape index (κ1) is 32.6. The van der Waals surface area contributed by atoms with Gasteiger partial charge in [0.25, 0.3) is 0 Å². The van der Waals surface area contributed by atoms with Crippen LogP contribution >= 0.6 is 0 Å². The summed E-state index contributed by atoms with van der Waals surface area (Å²) in [6, 6.07) is 0.379. The van der Waals surface area contributed by atoms with Crippen LogP contribution in [0.4, 0.5) is 14.6 Å². The van der Waals surface area contributed by atoms with Crippen LogP contribution in [0.2, 0.25) is 13.3 Å². The first-order chi connectivity index (χ1) is 21.4. The summed E-state index contributed by atoms with van der Waals surface area (Å²) in [5.74, 6) is 0.546. The molecular formula is C34H53F2N5O2Sn. The molecule has 6 rings (SSSR count). The molecule has 2 aromatic rings. The number of nitrogens with zero attached hydrogens (tertiary/aromatic N) is 5. The molecule has 0 amide bonds. The molecule has 4 aliphatic heterocycles. The number of alkyl halides is 1. The first-order valence-corrected chi connectivity index (χ1v) is 25.2. The Hall–Kier alpha value is -1.33. The molecule has 3 saturated heterocycles. The molecule has 3 fully saturated rings. The van der Waals surface area contributed by atoms with Crippen LogP contribution in [0.25, 0.3) is 10.9 Å². The number of hydrogen-bond donors (Lipinski definition) is 0. The normalized spacial score (nSPS) is 25.6. The second-order valence-electron chi connectivity index (χ2n) is 14.0. The van der Waals surface area contributed by atoms with Crippen molar-refractivity contribution in [3.63, 3.8) is 0 Å². The Morgan fingerprint density at radius 2 is 1.75 bits per heavy atom. The summed E-state index contributed by atoms with van der Waals surface area (Å²) in [7, 11) is 0. The van der Waals surface area contributed by atoms with Gasteiger partial charge in [-0.2, -0.15) is 0 Å². The van der Waals surface area contributed by atoms with Crippen molar-refractivity contribution >= 4 is 38.8 Å². The average Bonchev–Trinajstić information content (AvgIpc) is 3.38. The molecule has 0 unspecified atom stereocenters. The molecule has 0 saturated carbocycles. The van der Waals surface area contributed by atoms with Gasteiger partial charge in [-0.05, 0) is 0 Å². The minimum atomic E-state index is -3.25. The van der Waals surface area contributed by atoms with Crippen LogP contribution in [0.1, 0.15) is 97.1 Å². The summed E-state index contributed by atoms with van der Waals surface area (Å²) in [4.78, 5) is 19.9. The quantitative estimate of drug-likeness (QED) is 0.213. The van der Waals surface area contributed by atoms with Crippen molar-refractivity contribution in [2.45, 2.75) is 129 Å². The Balaban J connectivity index is 1.48. The summed E-state index contributed by atoms with van der Waals surface area (Å²) in [6.45, 7) is 10.6. The number of fused-ring (bicyclic) bond motifs is 3. The number of unbranched alkanes of at least 4 members (excludes halogenated alkanes) is 3. The molecule has 0 bridgehead atoms. The Labute approximate surface area is 266 Å². The van der Waals surface area contributed by atoms with Crippen LogP contribution in [0, 0.1) is 5.82 Å². The van der Waals surface area contributed by atoms with Crippen LogP contribution in [0.3, 0.4) is 0 Å². The zero-order chi connectivity index (χ0) is 30.7. The Bertz CT molecular complexity index is 1280. The van der Waals surface area contributed by atoms with Gasteiger partial charge in [-0.15, -0.1) is 0 Å². The zero-order valence-corrected chi connectivity index (χ0v) is 30.2. The molecule has 6 heterocycles. The van der Waals surface area contributed by atoms with E-state index in [0.29, 0.717) is 31.7 Å². The van der Waals surface area contributed by atoms with Crippen molar-refractivity contribution in [1.82, 2.24) is 19.9 Å². The molecule has 4 aliphatic rings. The summed E-state index contributed by atoms with van der Waals surface area (Å²) >= 11 is -3.25. The fourth-order valence-electron chi connectivity index (χ4n) is 8.58. The Morgan fingerprint density at radius 3 is 2.48 bits per heavy atom. The van der Waals surface area contributed by atoms with Gasteiger partial charge in [0.05, 0.1) is 0 Å². The van der Waals surface area contributed by atoms with Gasteiger partial charge in [0, 0.05) is 0 Å². The van der Waals surface area contributed by atoms with Crippen molar-refractivity contribution in [2.24, 2.45) is 0 Å². The van der Waals surface area contributed by atoms with E-state index in [2.05, 4.69) is 30.6 Å². The third kappa shape index (κ3) is 6.31. The first-order valence-electron chi connectivity index (χ1n) is 17.7. The fourth-order valence-corrected chi connectivity index (χ4v) is 24.3. The molecule has 7 nitrogen and oxygen atoms in total. The molecule has 2 aromatic heterocycles. The standard InChI is InChI=1S/C22H26F2N5O2.3C4H9.Sn/c23-14-9-22(5-1-6-28(22)11-14)13-31-21-26-19-16(24)10-25-17-4-3-15-12-30-8-2-7-29(15)20(27-21)18(17)19;3*1-3-4-2;/h14-15H,1-9,11-13H2;3*1,3-4H2,2H3;/t14-,15+,22+;;;;/m1..../s1. The van der Waals surface area contributed by atoms with E-state index in [1.807, 2.05) is 0 Å². The van der Waals surface area contributed by atoms with Crippen LogP contribution in [0.15, 0.2) is 0 Å². The van der Waals surface area contributed by atoms with E-state index in [-0.39, 0.29) is 23.4 Å². The molecule has 44 heavy (non-hydrogen) atoms. The number of halogens is 2. The van der Waals surface area contributed by atoms with Gasteiger partial charge < -0.3 is 0 Å². The van der Waals surface area contributed by atoms with Crippen molar-refractivity contribution in [1.29, 1.82) is 0 Å². The van der Waals surface area contributed by atoms with Gasteiger partial charge in [0.15, 0.2) is 0 Å². The van der Waals surface area contributed by atoms with Crippen LogP contribution in [0.5, 0.6) is 6.01 Å². The van der Waals surface area contributed by atoms with Crippen molar-refractivity contribution in [2.75, 3.05) is 44.4 Å². The topological polar surface area (TPSA) is 63.6 Å². The van der Waals surface area contributed by atoms with Gasteiger partial charge in [-0.3, -0.25) is 0 Å². The third-order valence-electron chi connectivity index (χ3n) is 11.0. The molecule has 0 spiro atoms. The number of ether oxygens (including phenoxy) is 2. The van der Waals surface area contributed by atoms with Gasteiger partial charge in [-0.25, -0.2) is 0 Å². The van der Waals surface area contributed by atoms with Crippen LogP contribution in [-0.2, 0) is 11.2 Å². The number of aromatic nitrogens is 3. The van der Waals surface area contributed by atoms with E-state index >= 15 is 4.39 Å². The number of anilines is 1. The summed E-state index contributed by atoms with van der Waals surface area (Å²) in [5.41, 5.74) is 1.05.